The van der Waals surface area contributed by atoms with E-state index in [1.54, 1.807) is 98.6 Å². The van der Waals surface area contributed by atoms with E-state index >= 15 is 0 Å². The van der Waals surface area contributed by atoms with Crippen LogP contribution in [-0.2, 0) is 0 Å². The van der Waals surface area contributed by atoms with Gasteiger partial charge >= 0.3 is 0 Å². The zero-order valence-electron chi connectivity index (χ0n) is 40.4. The Labute approximate surface area is 441 Å². The van der Waals surface area contributed by atoms with E-state index < -0.39 is 0 Å². The Hall–Kier alpha value is -9.77. The van der Waals surface area contributed by atoms with Crippen LogP contribution in [0.4, 0.5) is 26.0 Å². The Bertz CT molecular complexity index is 3340. The van der Waals surface area contributed by atoms with E-state index in [0.717, 1.165) is 22.8 Å². The number of halogens is 4. The van der Waals surface area contributed by atoms with Crippen LogP contribution in [0.1, 0.15) is 28.5 Å². The van der Waals surface area contributed by atoms with Gasteiger partial charge in [-0.2, -0.15) is 5.26 Å². The van der Waals surface area contributed by atoms with E-state index in [9.17, 15) is 13.6 Å². The number of nitrogen functional groups attached to an aromatic ring is 2. The van der Waals surface area contributed by atoms with E-state index in [4.69, 9.17) is 33.7 Å². The summed E-state index contributed by atoms with van der Waals surface area (Å²) in [6.45, 7) is 5.55. The number of aromatic nitrogens is 11. The number of H-pyrrole nitrogens is 1. The van der Waals surface area contributed by atoms with E-state index in [-0.39, 0.29) is 35.4 Å². The van der Waals surface area contributed by atoms with Crippen LogP contribution in [-0.4, -0.2) is 60.7 Å². The Kier molecular flexibility index (Phi) is 23.8. The number of benzene rings is 2. The lowest BCUT2D eigenvalue weighted by Gasteiger charge is -2.08. The third-order valence-corrected chi connectivity index (χ3v) is 9.14. The Morgan fingerprint density at radius 1 is 0.600 bits per heavy atom. The monoisotopic (exact) mass is 1040 g/mol. The van der Waals surface area contributed by atoms with Crippen molar-refractivity contribution in [3.63, 3.8) is 0 Å². The lowest BCUT2D eigenvalue weighted by atomic mass is 10.3. The van der Waals surface area contributed by atoms with Gasteiger partial charge in [0.2, 0.25) is 0 Å². The maximum Gasteiger partial charge on any atom is 0.251 e. The van der Waals surface area contributed by atoms with Gasteiger partial charge in [0, 0.05) is 71.6 Å². The average Bonchev–Trinajstić information content (AvgIpc) is 3.41. The molecule has 0 saturated carbocycles. The SMILES string of the molecule is Cc1cc(=O)[nH]c(-c2ccccn2)n1.Cc1cc(Cl)nc(-c2ccccn2)n1.Cc1cc(Nc2ccc(F)cc2)nc(-c2ccccn2)n1.Cl.N#Cc1ccccn1.N=C(N)c1ccccn1.Nc1ccc(F)cc1. The molecule has 0 bridgehead atoms. The molecule has 17 nitrogen and oxygen atoms in total. The molecule has 0 aliphatic heterocycles. The van der Waals surface area contributed by atoms with Crippen molar-refractivity contribution in [3.8, 4) is 40.6 Å². The molecule has 0 fully saturated rings. The predicted octanol–water partition coefficient (Wildman–Crippen LogP) is 10.5. The van der Waals surface area contributed by atoms with E-state index in [2.05, 4.69) is 60.1 Å². The summed E-state index contributed by atoms with van der Waals surface area (Å²) in [5.74, 6) is 1.77. The second kappa shape index (κ2) is 30.9. The highest BCUT2D eigenvalue weighted by Crippen LogP contribution is 2.20. The molecular weight excluding hydrogens is 998 g/mol. The number of nitriles is 1. The first-order valence-corrected chi connectivity index (χ1v) is 22.4. The first-order chi connectivity index (χ1) is 35.7. The summed E-state index contributed by atoms with van der Waals surface area (Å²) in [6.07, 6.45) is 8.27. The van der Waals surface area contributed by atoms with Gasteiger partial charge in [-0.15, -0.1) is 12.4 Å². The molecule has 2 aromatic carbocycles. The fraction of sp³-hybridized carbons (Fsp3) is 0.0556. The molecule has 0 unspecified atom stereocenters. The third-order valence-electron chi connectivity index (χ3n) is 8.95. The van der Waals surface area contributed by atoms with Gasteiger partial charge in [0.05, 0.1) is 0 Å². The van der Waals surface area contributed by atoms with Gasteiger partial charge in [-0.05, 0) is 136 Å². The standard InChI is InChI=1S/C16H13FN4.C10H8ClN3.C10H9N3O.C6H6FN.C6H7N3.C6H4N2.ClH/c1-11-10-15(20-13-7-5-12(17)6-8-13)21-16(19-11)14-4-2-3-9-18-14;1-7-6-9(11)14-10(13-7)8-4-2-3-5-12-8;1-7-6-9(14)13-10(12-7)8-4-2-3-5-11-8;7-5-1-3-6(8)4-2-5;7-6(8)5-3-1-2-4-9-5;7-5-6-3-1-2-4-8-6;/h2-10H,1H3,(H,19,20,21);2-6H,1H3;2-6H,1H3,(H,12,13,14);1-4H,8H2;1-4H,(H3,7,8);1-4H;1H. The van der Waals surface area contributed by atoms with Gasteiger partial charge < -0.3 is 21.8 Å². The summed E-state index contributed by atoms with van der Waals surface area (Å²) >= 11 is 5.82. The highest BCUT2D eigenvalue weighted by molar-refractivity contribution is 6.29. The highest BCUT2D eigenvalue weighted by atomic mass is 35.5. The van der Waals surface area contributed by atoms with Crippen LogP contribution in [0.15, 0.2) is 194 Å². The number of aromatic amines is 1. The molecule has 378 valence electrons. The lowest BCUT2D eigenvalue weighted by molar-refractivity contribution is 0.627. The second-order valence-corrected chi connectivity index (χ2v) is 15.3. The summed E-state index contributed by atoms with van der Waals surface area (Å²) < 4.78 is 24.9. The van der Waals surface area contributed by atoms with Gasteiger partial charge in [0.1, 0.15) is 63.0 Å². The minimum absolute atomic E-state index is 0. The van der Waals surface area contributed by atoms with Gasteiger partial charge in [-0.25, -0.2) is 38.7 Å². The van der Waals surface area contributed by atoms with Crippen molar-refractivity contribution >= 4 is 47.0 Å². The van der Waals surface area contributed by atoms with Gasteiger partial charge in [0.25, 0.3) is 5.56 Å². The van der Waals surface area contributed by atoms with Crippen molar-refractivity contribution in [3.05, 3.63) is 244 Å². The van der Waals surface area contributed by atoms with Crippen molar-refractivity contribution < 1.29 is 8.78 Å². The second-order valence-electron chi connectivity index (χ2n) is 14.9. The summed E-state index contributed by atoms with van der Waals surface area (Å²) in [5, 5.41) is 18.8. The molecule has 10 rings (SSSR count). The summed E-state index contributed by atoms with van der Waals surface area (Å²) in [6, 6.07) is 45.9. The Balaban J connectivity index is 0.000000202. The van der Waals surface area contributed by atoms with Gasteiger partial charge in [-0.3, -0.25) is 30.1 Å². The summed E-state index contributed by atoms with van der Waals surface area (Å²) in [5.41, 5.74) is 17.1. The maximum atomic E-state index is 12.9. The topological polar surface area (TPSA) is 273 Å². The third kappa shape index (κ3) is 21.2. The predicted molar refractivity (Wildman–Crippen MR) is 290 cm³/mol. The van der Waals surface area contributed by atoms with Crippen LogP contribution in [0.25, 0.3) is 34.6 Å². The molecule has 0 atom stereocenters. The van der Waals surface area contributed by atoms with Gasteiger partial charge in [0.15, 0.2) is 17.5 Å². The fourth-order valence-electron chi connectivity index (χ4n) is 5.68. The zero-order valence-corrected chi connectivity index (χ0v) is 42.0. The molecule has 0 amide bonds. The molecule has 21 heteroatoms. The normalized spacial score (nSPS) is 9.56. The van der Waals surface area contributed by atoms with Gasteiger partial charge in [-0.1, -0.05) is 41.9 Å². The summed E-state index contributed by atoms with van der Waals surface area (Å²) in [7, 11) is 0. The molecule has 8 aromatic heterocycles. The Morgan fingerprint density at radius 2 is 1.08 bits per heavy atom. The molecule has 0 spiro atoms. The van der Waals surface area contributed by atoms with Crippen LogP contribution < -0.4 is 22.3 Å². The molecule has 0 aliphatic rings. The minimum Gasteiger partial charge on any atom is -0.399 e. The van der Waals surface area contributed by atoms with Crippen molar-refractivity contribution in [2.45, 2.75) is 20.8 Å². The van der Waals surface area contributed by atoms with E-state index in [1.165, 1.54) is 42.5 Å². The molecule has 10 aromatic rings. The number of hydrogen-bond donors (Lipinski definition) is 5. The first-order valence-electron chi connectivity index (χ1n) is 22.0. The van der Waals surface area contributed by atoms with Crippen LogP contribution in [0, 0.1) is 49.1 Å². The fourth-order valence-corrected chi connectivity index (χ4v) is 5.92. The number of amidine groups is 1. The Morgan fingerprint density at radius 3 is 1.51 bits per heavy atom. The summed E-state index contributed by atoms with van der Waals surface area (Å²) in [4.78, 5) is 55.2. The maximum absolute atomic E-state index is 12.9. The van der Waals surface area contributed by atoms with E-state index in [0.29, 0.717) is 62.6 Å². The average molecular weight is 1050 g/mol. The molecule has 0 saturated heterocycles. The van der Waals surface area contributed by atoms with Crippen LogP contribution in [0.5, 0.6) is 0 Å². The molecule has 7 N–H and O–H groups in total. The van der Waals surface area contributed by atoms with Crippen molar-refractivity contribution in [2.24, 2.45) is 5.73 Å². The molecule has 8 heterocycles. The number of anilines is 3. The molecular formula is C54H48Cl2F2N16O. The smallest absolute Gasteiger partial charge is 0.251 e. The zero-order chi connectivity index (χ0) is 53.1. The number of rotatable bonds is 6. The number of pyridine rings is 5. The number of hydrogen-bond acceptors (Lipinski definition) is 15. The van der Waals surface area contributed by atoms with Crippen molar-refractivity contribution in [2.75, 3.05) is 11.1 Å². The quantitative estimate of drug-likeness (QED) is 0.0448. The minimum atomic E-state index is -0.270. The van der Waals surface area contributed by atoms with Crippen molar-refractivity contribution in [1.82, 2.24) is 54.8 Å². The van der Waals surface area contributed by atoms with E-state index in [1.807, 2.05) is 74.5 Å². The largest absolute Gasteiger partial charge is 0.399 e. The molecule has 0 aliphatic carbocycles. The number of nitrogens with two attached hydrogens (primary N) is 2. The lowest BCUT2D eigenvalue weighted by Crippen LogP contribution is -2.12. The van der Waals surface area contributed by atoms with Crippen LogP contribution >= 0.6 is 24.0 Å². The number of nitrogens with zero attached hydrogens (tertiary/aromatic N) is 11. The van der Waals surface area contributed by atoms with Crippen LogP contribution in [0.2, 0.25) is 5.15 Å². The number of aryl methyl sites for hydroxylation is 3. The highest BCUT2D eigenvalue weighted by Gasteiger charge is 2.07. The first kappa shape index (κ1) is 57.8. The van der Waals surface area contributed by atoms with Crippen molar-refractivity contribution in [1.29, 1.82) is 10.7 Å². The van der Waals surface area contributed by atoms with Crippen LogP contribution in [0.3, 0.4) is 0 Å². The molecule has 0 radical (unpaired) electrons. The molecule has 75 heavy (non-hydrogen) atoms. The number of nitrogens with one attached hydrogen (secondary N) is 3.